The molecule has 0 saturated carbocycles. The highest BCUT2D eigenvalue weighted by Crippen LogP contribution is 2.31. The molecule has 2 atom stereocenters. The molecule has 1 aliphatic rings. The van der Waals surface area contributed by atoms with Crippen molar-refractivity contribution in [1.82, 2.24) is 4.98 Å². The lowest BCUT2D eigenvalue weighted by Crippen LogP contribution is -2.46. The van der Waals surface area contributed by atoms with Gasteiger partial charge in [-0.1, -0.05) is 0 Å². The number of anilines is 1. The number of morpholine rings is 1. The molecule has 0 N–H and O–H groups in total. The molecule has 0 aromatic carbocycles. The molecule has 1 fully saturated rings. The van der Waals surface area contributed by atoms with E-state index in [0.717, 1.165) is 0 Å². The van der Waals surface area contributed by atoms with E-state index < -0.39 is 4.92 Å². The van der Waals surface area contributed by atoms with Crippen LogP contribution in [0.5, 0.6) is 0 Å². The van der Waals surface area contributed by atoms with E-state index in [4.69, 9.17) is 4.74 Å². The van der Waals surface area contributed by atoms with Crippen LogP contribution in [0.3, 0.4) is 0 Å². The van der Waals surface area contributed by atoms with Crippen LogP contribution in [0.4, 0.5) is 11.5 Å². The lowest BCUT2D eigenvalue weighted by atomic mass is 10.1. The van der Waals surface area contributed by atoms with Gasteiger partial charge in [-0.15, -0.1) is 0 Å². The van der Waals surface area contributed by atoms with Crippen molar-refractivity contribution in [3.63, 3.8) is 0 Å². The van der Waals surface area contributed by atoms with Crippen molar-refractivity contribution in [1.29, 1.82) is 5.26 Å². The third-order valence-corrected chi connectivity index (χ3v) is 3.58. The van der Waals surface area contributed by atoms with Crippen LogP contribution in [0.1, 0.15) is 30.7 Å². The molecule has 21 heavy (non-hydrogen) atoms. The number of rotatable bonds is 2. The number of hydrogen-bond donors (Lipinski definition) is 0. The SMILES string of the molecule is Cc1nc(N2CC(C)OC(C)C2)c(C#N)c(C)c1[N+](=O)[O-]. The fraction of sp³-hybridized carbons (Fsp3) is 0.571. The second kappa shape index (κ2) is 5.66. The van der Waals surface area contributed by atoms with Gasteiger partial charge in [0, 0.05) is 13.1 Å². The zero-order chi connectivity index (χ0) is 15.7. The largest absolute Gasteiger partial charge is 0.372 e. The summed E-state index contributed by atoms with van der Waals surface area (Å²) in [5.41, 5.74) is 0.897. The molecular weight excluding hydrogens is 272 g/mol. The molecule has 2 heterocycles. The number of pyridine rings is 1. The zero-order valence-corrected chi connectivity index (χ0v) is 12.6. The topological polar surface area (TPSA) is 92.3 Å². The zero-order valence-electron chi connectivity index (χ0n) is 12.6. The summed E-state index contributed by atoms with van der Waals surface area (Å²) in [4.78, 5) is 16.9. The molecule has 0 aliphatic carbocycles. The van der Waals surface area contributed by atoms with E-state index in [1.54, 1.807) is 13.8 Å². The predicted octanol–water partition coefficient (Wildman–Crippen LogP) is 2.09. The van der Waals surface area contributed by atoms with Crippen molar-refractivity contribution in [3.8, 4) is 6.07 Å². The number of ether oxygens (including phenoxy) is 1. The van der Waals surface area contributed by atoms with Gasteiger partial charge in [0.2, 0.25) is 0 Å². The van der Waals surface area contributed by atoms with E-state index in [-0.39, 0.29) is 23.5 Å². The number of nitrogens with zero attached hydrogens (tertiary/aromatic N) is 4. The number of aromatic nitrogens is 1. The molecule has 1 aromatic rings. The summed E-state index contributed by atoms with van der Waals surface area (Å²) in [6.45, 7) is 8.34. The van der Waals surface area contributed by atoms with Crippen LogP contribution in [-0.2, 0) is 4.74 Å². The molecule has 7 heteroatoms. The van der Waals surface area contributed by atoms with Gasteiger partial charge in [-0.25, -0.2) is 4.98 Å². The van der Waals surface area contributed by atoms with Crippen LogP contribution in [0.2, 0.25) is 0 Å². The Morgan fingerprint density at radius 1 is 1.38 bits per heavy atom. The highest BCUT2D eigenvalue weighted by molar-refractivity contribution is 5.65. The van der Waals surface area contributed by atoms with Crippen LogP contribution in [0.25, 0.3) is 0 Å². The van der Waals surface area contributed by atoms with E-state index in [1.807, 2.05) is 18.7 Å². The Labute approximate surface area is 123 Å². The minimum atomic E-state index is -0.479. The van der Waals surface area contributed by atoms with Crippen molar-refractivity contribution in [2.45, 2.75) is 39.9 Å². The summed E-state index contributed by atoms with van der Waals surface area (Å²) >= 11 is 0. The third kappa shape index (κ3) is 2.81. The molecule has 0 bridgehead atoms. The van der Waals surface area contributed by atoms with Crippen molar-refractivity contribution in [2.75, 3.05) is 18.0 Å². The summed E-state index contributed by atoms with van der Waals surface area (Å²) < 4.78 is 5.67. The van der Waals surface area contributed by atoms with Crippen molar-refractivity contribution in [3.05, 3.63) is 26.9 Å². The molecule has 1 saturated heterocycles. The van der Waals surface area contributed by atoms with Gasteiger partial charge in [0.1, 0.15) is 23.1 Å². The minimum absolute atomic E-state index is 0.0258. The molecule has 1 aromatic heterocycles. The smallest absolute Gasteiger partial charge is 0.294 e. The first-order valence-corrected chi connectivity index (χ1v) is 6.81. The van der Waals surface area contributed by atoms with Gasteiger partial charge in [0.25, 0.3) is 5.69 Å². The highest BCUT2D eigenvalue weighted by Gasteiger charge is 2.29. The average Bonchev–Trinajstić information content (AvgIpc) is 2.36. The molecule has 2 unspecified atom stereocenters. The number of nitriles is 1. The van der Waals surface area contributed by atoms with Gasteiger partial charge in [0.05, 0.1) is 22.7 Å². The first-order chi connectivity index (χ1) is 9.85. The molecule has 0 amide bonds. The first kappa shape index (κ1) is 15.2. The Bertz CT molecular complexity index is 614. The van der Waals surface area contributed by atoms with E-state index in [0.29, 0.717) is 30.2 Å². The second-order valence-corrected chi connectivity index (χ2v) is 5.40. The van der Waals surface area contributed by atoms with Crippen LogP contribution in [0, 0.1) is 35.3 Å². The summed E-state index contributed by atoms with van der Waals surface area (Å²) in [7, 11) is 0. The summed E-state index contributed by atoms with van der Waals surface area (Å²) in [6.07, 6.45) is 0.0517. The summed E-state index contributed by atoms with van der Waals surface area (Å²) in [5.74, 6) is 0.514. The van der Waals surface area contributed by atoms with Gasteiger partial charge < -0.3 is 9.64 Å². The fourth-order valence-corrected chi connectivity index (χ4v) is 2.81. The normalized spacial score (nSPS) is 22.0. The van der Waals surface area contributed by atoms with Crippen molar-refractivity contribution >= 4 is 11.5 Å². The Morgan fingerprint density at radius 2 is 1.95 bits per heavy atom. The predicted molar refractivity (Wildman–Crippen MR) is 77.3 cm³/mol. The van der Waals surface area contributed by atoms with Crippen LogP contribution in [-0.4, -0.2) is 35.2 Å². The first-order valence-electron chi connectivity index (χ1n) is 6.81. The maximum absolute atomic E-state index is 11.1. The Kier molecular flexibility index (Phi) is 4.09. The van der Waals surface area contributed by atoms with Crippen molar-refractivity contribution < 1.29 is 9.66 Å². The number of nitro groups is 1. The standard InChI is InChI=1S/C14H18N4O3/c1-8-6-17(7-9(2)21-8)14-12(5-15)10(3)13(18(19)20)11(4)16-14/h8-9H,6-7H2,1-4H3. The van der Waals surface area contributed by atoms with E-state index in [1.165, 1.54) is 0 Å². The highest BCUT2D eigenvalue weighted by atomic mass is 16.6. The van der Waals surface area contributed by atoms with Gasteiger partial charge >= 0.3 is 0 Å². The quantitative estimate of drug-likeness (QED) is 0.611. The van der Waals surface area contributed by atoms with Crippen molar-refractivity contribution in [2.24, 2.45) is 0 Å². The Hall–Kier alpha value is -2.20. The summed E-state index contributed by atoms with van der Waals surface area (Å²) in [5, 5.41) is 20.5. The van der Waals surface area contributed by atoms with Crippen LogP contribution in [0.15, 0.2) is 0 Å². The summed E-state index contributed by atoms with van der Waals surface area (Å²) in [6, 6.07) is 2.06. The molecular formula is C14H18N4O3. The van der Waals surface area contributed by atoms with Crippen LogP contribution >= 0.6 is 0 Å². The third-order valence-electron chi connectivity index (χ3n) is 3.58. The minimum Gasteiger partial charge on any atom is -0.372 e. The molecule has 1 aliphatic heterocycles. The van der Waals surface area contributed by atoms with Gasteiger partial charge in [-0.3, -0.25) is 10.1 Å². The monoisotopic (exact) mass is 290 g/mol. The lowest BCUT2D eigenvalue weighted by molar-refractivity contribution is -0.386. The van der Waals surface area contributed by atoms with E-state index in [2.05, 4.69) is 11.1 Å². The van der Waals surface area contributed by atoms with Gasteiger partial charge in [0.15, 0.2) is 0 Å². The maximum Gasteiger partial charge on any atom is 0.294 e. The number of hydrogen-bond acceptors (Lipinski definition) is 6. The average molecular weight is 290 g/mol. The molecule has 2 rings (SSSR count). The molecule has 112 valence electrons. The molecule has 0 radical (unpaired) electrons. The molecule has 7 nitrogen and oxygen atoms in total. The maximum atomic E-state index is 11.1. The van der Waals surface area contributed by atoms with E-state index in [9.17, 15) is 15.4 Å². The fourth-order valence-electron chi connectivity index (χ4n) is 2.81. The van der Waals surface area contributed by atoms with Crippen LogP contribution < -0.4 is 4.90 Å². The Morgan fingerprint density at radius 3 is 2.43 bits per heavy atom. The number of aryl methyl sites for hydroxylation is 1. The van der Waals surface area contributed by atoms with Gasteiger partial charge in [-0.2, -0.15) is 5.26 Å². The lowest BCUT2D eigenvalue weighted by Gasteiger charge is -2.36. The van der Waals surface area contributed by atoms with E-state index >= 15 is 0 Å². The Balaban J connectivity index is 2.55. The van der Waals surface area contributed by atoms with Gasteiger partial charge in [-0.05, 0) is 27.7 Å². The second-order valence-electron chi connectivity index (χ2n) is 5.40. The molecule has 0 spiro atoms.